The maximum atomic E-state index is 11.7. The van der Waals surface area contributed by atoms with Gasteiger partial charge in [-0.15, -0.1) is 0 Å². The average molecular weight is 259 g/mol. The molecule has 0 aromatic heterocycles. The number of rotatable bonds is 4. The van der Waals surface area contributed by atoms with Crippen LogP contribution in [0.3, 0.4) is 0 Å². The zero-order valence-corrected chi connectivity index (χ0v) is 10.7. The highest BCUT2D eigenvalue weighted by Crippen LogP contribution is 2.34. The van der Waals surface area contributed by atoms with E-state index in [1.165, 1.54) is 12.8 Å². The number of hydrogen-bond donors (Lipinski definition) is 1. The van der Waals surface area contributed by atoms with Crippen molar-refractivity contribution < 1.29 is 14.3 Å². The van der Waals surface area contributed by atoms with Crippen molar-refractivity contribution in [3.63, 3.8) is 0 Å². The first kappa shape index (κ1) is 12.1. The molecule has 4 heteroatoms. The van der Waals surface area contributed by atoms with Crippen LogP contribution in [0, 0.1) is 5.92 Å². The fourth-order valence-corrected chi connectivity index (χ4v) is 2.01. The summed E-state index contributed by atoms with van der Waals surface area (Å²) in [5.74, 6) is 2.07. The van der Waals surface area contributed by atoms with E-state index in [4.69, 9.17) is 9.47 Å². The molecule has 1 saturated carbocycles. The molecule has 0 spiro atoms. The number of anilines is 1. The molecule has 0 bridgehead atoms. The van der Waals surface area contributed by atoms with Gasteiger partial charge in [0.1, 0.15) is 17.6 Å². The van der Waals surface area contributed by atoms with Gasteiger partial charge in [0, 0.05) is 6.07 Å². The molecule has 2 aliphatic rings. The lowest BCUT2D eigenvalue weighted by Crippen LogP contribution is -2.18. The van der Waals surface area contributed by atoms with Gasteiger partial charge in [0.15, 0.2) is 0 Å². The molecule has 4 nitrogen and oxygen atoms in total. The Balaban J connectivity index is 1.79. The summed E-state index contributed by atoms with van der Waals surface area (Å²) < 4.78 is 11.5. The molecule has 0 saturated heterocycles. The summed E-state index contributed by atoms with van der Waals surface area (Å²) in [7, 11) is 0. The molecule has 19 heavy (non-hydrogen) atoms. The number of carbonyl (C=O) groups is 1. The van der Waals surface area contributed by atoms with E-state index >= 15 is 0 Å². The summed E-state index contributed by atoms with van der Waals surface area (Å²) in [5.41, 5.74) is 0.688. The molecule has 0 radical (unpaired) electrons. The molecule has 1 aliphatic carbocycles. The summed E-state index contributed by atoms with van der Waals surface area (Å²) in [6, 6.07) is 5.51. The third-order valence-corrected chi connectivity index (χ3v) is 3.34. The summed E-state index contributed by atoms with van der Waals surface area (Å²) in [4.78, 5) is 11.7. The maximum absolute atomic E-state index is 11.7. The van der Waals surface area contributed by atoms with Crippen molar-refractivity contribution in [3.05, 3.63) is 30.9 Å². The van der Waals surface area contributed by atoms with Gasteiger partial charge in [-0.1, -0.05) is 12.7 Å². The zero-order chi connectivity index (χ0) is 13.2. The predicted octanol–water partition coefficient (Wildman–Crippen LogP) is 2.75. The Labute approximate surface area is 112 Å². The lowest BCUT2D eigenvalue weighted by Gasteiger charge is -2.13. The van der Waals surface area contributed by atoms with Crippen LogP contribution in [0.1, 0.15) is 19.3 Å². The topological polar surface area (TPSA) is 47.6 Å². The van der Waals surface area contributed by atoms with Gasteiger partial charge in [-0.05, 0) is 30.9 Å². The van der Waals surface area contributed by atoms with Crippen LogP contribution in [0.25, 0.3) is 0 Å². The second-order valence-corrected chi connectivity index (χ2v) is 5.06. The Morgan fingerprint density at radius 2 is 2.32 bits per heavy atom. The quantitative estimate of drug-likeness (QED) is 0.846. The SMILES string of the molecule is C=C[C@@H]1CC(=O)Nc2ccc(OCC3CC3)cc2O1. The Kier molecular flexibility index (Phi) is 3.15. The van der Waals surface area contributed by atoms with Crippen LogP contribution in [0.15, 0.2) is 30.9 Å². The van der Waals surface area contributed by atoms with Gasteiger partial charge in [0.05, 0.1) is 18.7 Å². The minimum Gasteiger partial charge on any atom is -0.493 e. The van der Waals surface area contributed by atoms with Crippen molar-refractivity contribution in [1.29, 1.82) is 0 Å². The first-order valence-electron chi connectivity index (χ1n) is 6.60. The van der Waals surface area contributed by atoms with Gasteiger partial charge in [0.25, 0.3) is 0 Å². The Morgan fingerprint density at radius 3 is 3.05 bits per heavy atom. The van der Waals surface area contributed by atoms with E-state index in [1.807, 2.05) is 18.2 Å². The van der Waals surface area contributed by atoms with Gasteiger partial charge in [-0.2, -0.15) is 0 Å². The fourth-order valence-electron chi connectivity index (χ4n) is 2.01. The van der Waals surface area contributed by atoms with Crippen molar-refractivity contribution in [3.8, 4) is 11.5 Å². The highest BCUT2D eigenvalue weighted by Gasteiger charge is 2.23. The minimum absolute atomic E-state index is 0.0599. The predicted molar refractivity (Wildman–Crippen MR) is 72.5 cm³/mol. The molecule has 1 aromatic carbocycles. The molecular weight excluding hydrogens is 242 g/mol. The maximum Gasteiger partial charge on any atom is 0.228 e. The molecule has 100 valence electrons. The van der Waals surface area contributed by atoms with E-state index in [0.717, 1.165) is 12.4 Å². The highest BCUT2D eigenvalue weighted by atomic mass is 16.5. The number of fused-ring (bicyclic) bond motifs is 1. The number of benzene rings is 1. The second kappa shape index (κ2) is 4.96. The van der Waals surface area contributed by atoms with Crippen molar-refractivity contribution in [2.24, 2.45) is 5.92 Å². The van der Waals surface area contributed by atoms with Crippen LogP contribution in [0.2, 0.25) is 0 Å². The van der Waals surface area contributed by atoms with Gasteiger partial charge in [0.2, 0.25) is 5.91 Å². The van der Waals surface area contributed by atoms with E-state index in [9.17, 15) is 4.79 Å². The Hall–Kier alpha value is -1.97. The van der Waals surface area contributed by atoms with E-state index < -0.39 is 0 Å². The lowest BCUT2D eigenvalue weighted by molar-refractivity contribution is -0.117. The molecule has 1 heterocycles. The van der Waals surface area contributed by atoms with Crippen molar-refractivity contribution in [1.82, 2.24) is 0 Å². The molecule has 1 N–H and O–H groups in total. The standard InChI is InChI=1S/C15H17NO3/c1-2-11-8-15(17)16-13-6-5-12(7-14(13)19-11)18-9-10-3-4-10/h2,5-7,10-11H,1,3-4,8-9H2,(H,16,17)/t11-/m1/s1. The highest BCUT2D eigenvalue weighted by molar-refractivity contribution is 5.93. The normalized spacial score (nSPS) is 21.7. The molecule has 1 amide bonds. The fraction of sp³-hybridized carbons (Fsp3) is 0.400. The van der Waals surface area contributed by atoms with Gasteiger partial charge in [-0.3, -0.25) is 4.79 Å². The monoisotopic (exact) mass is 259 g/mol. The third kappa shape index (κ3) is 2.89. The minimum atomic E-state index is -0.292. The Bertz CT molecular complexity index is 508. The lowest BCUT2D eigenvalue weighted by atomic mass is 10.2. The average Bonchev–Trinajstić information content (AvgIpc) is 3.21. The molecule has 0 unspecified atom stereocenters. The molecular formula is C15H17NO3. The number of hydrogen-bond acceptors (Lipinski definition) is 3. The Morgan fingerprint density at radius 1 is 1.47 bits per heavy atom. The van der Waals surface area contributed by atoms with Crippen LogP contribution >= 0.6 is 0 Å². The largest absolute Gasteiger partial charge is 0.493 e. The number of ether oxygens (including phenoxy) is 2. The summed E-state index contributed by atoms with van der Waals surface area (Å²) in [5, 5.41) is 2.82. The van der Waals surface area contributed by atoms with Crippen LogP contribution in [-0.2, 0) is 4.79 Å². The van der Waals surface area contributed by atoms with Crippen molar-refractivity contribution >= 4 is 11.6 Å². The number of carbonyl (C=O) groups excluding carboxylic acids is 1. The third-order valence-electron chi connectivity index (χ3n) is 3.34. The zero-order valence-electron chi connectivity index (χ0n) is 10.7. The second-order valence-electron chi connectivity index (χ2n) is 5.06. The summed E-state index contributed by atoms with van der Waals surface area (Å²) in [6.45, 7) is 4.45. The van der Waals surface area contributed by atoms with Crippen molar-refractivity contribution in [2.75, 3.05) is 11.9 Å². The van der Waals surface area contributed by atoms with E-state index in [1.54, 1.807) is 6.08 Å². The summed E-state index contributed by atoms with van der Waals surface area (Å²) >= 11 is 0. The van der Waals surface area contributed by atoms with E-state index in [-0.39, 0.29) is 18.4 Å². The van der Waals surface area contributed by atoms with Crippen LogP contribution in [-0.4, -0.2) is 18.6 Å². The molecule has 3 rings (SSSR count). The van der Waals surface area contributed by atoms with Gasteiger partial charge >= 0.3 is 0 Å². The van der Waals surface area contributed by atoms with E-state index in [0.29, 0.717) is 17.4 Å². The molecule has 1 aromatic rings. The molecule has 1 atom stereocenters. The van der Waals surface area contributed by atoms with E-state index in [2.05, 4.69) is 11.9 Å². The van der Waals surface area contributed by atoms with Gasteiger partial charge < -0.3 is 14.8 Å². The number of nitrogens with one attached hydrogen (secondary N) is 1. The number of amides is 1. The van der Waals surface area contributed by atoms with Crippen LogP contribution < -0.4 is 14.8 Å². The smallest absolute Gasteiger partial charge is 0.228 e. The first-order chi connectivity index (χ1) is 9.24. The molecule has 1 fully saturated rings. The van der Waals surface area contributed by atoms with Crippen molar-refractivity contribution in [2.45, 2.75) is 25.4 Å². The molecule has 1 aliphatic heterocycles. The first-order valence-corrected chi connectivity index (χ1v) is 6.60. The van der Waals surface area contributed by atoms with Crippen LogP contribution in [0.5, 0.6) is 11.5 Å². The van der Waals surface area contributed by atoms with Crippen LogP contribution in [0.4, 0.5) is 5.69 Å². The van der Waals surface area contributed by atoms with Gasteiger partial charge in [-0.25, -0.2) is 0 Å². The summed E-state index contributed by atoms with van der Waals surface area (Å²) in [6.07, 6.45) is 4.16.